The summed E-state index contributed by atoms with van der Waals surface area (Å²) in [6.07, 6.45) is 3.96. The average molecular weight is 260 g/mol. The van der Waals surface area contributed by atoms with Crippen LogP contribution in [-0.2, 0) is 0 Å². The molecule has 0 aromatic heterocycles. The first-order valence-corrected chi connectivity index (χ1v) is 6.78. The van der Waals surface area contributed by atoms with Crippen LogP contribution in [0.2, 0.25) is 0 Å². The van der Waals surface area contributed by atoms with E-state index in [0.29, 0.717) is 10.9 Å². The van der Waals surface area contributed by atoms with E-state index < -0.39 is 0 Å². The van der Waals surface area contributed by atoms with Crippen molar-refractivity contribution in [3.63, 3.8) is 0 Å². The predicted octanol–water partition coefficient (Wildman–Crippen LogP) is -0.821. The number of hydrogen-bond donors (Lipinski definition) is 2. The zero-order valence-corrected chi connectivity index (χ0v) is 11.6. The summed E-state index contributed by atoms with van der Waals surface area (Å²) < 4.78 is 0. The van der Waals surface area contributed by atoms with Crippen molar-refractivity contribution < 1.29 is 5.11 Å². The van der Waals surface area contributed by atoms with Gasteiger partial charge in [0.05, 0.1) is 0 Å². The zero-order chi connectivity index (χ0) is 13.8. The van der Waals surface area contributed by atoms with Crippen molar-refractivity contribution in [1.82, 2.24) is 10.2 Å². The van der Waals surface area contributed by atoms with Crippen LogP contribution in [-0.4, -0.2) is 31.1 Å². The van der Waals surface area contributed by atoms with Gasteiger partial charge in [-0.25, -0.2) is 0 Å². The van der Waals surface area contributed by atoms with E-state index in [-0.39, 0.29) is 11.9 Å². The third-order valence-electron chi connectivity index (χ3n) is 3.71. The van der Waals surface area contributed by atoms with Gasteiger partial charge in [-0.3, -0.25) is 0 Å². The van der Waals surface area contributed by atoms with Gasteiger partial charge in [-0.15, -0.1) is 0 Å². The summed E-state index contributed by atoms with van der Waals surface area (Å²) in [7, 11) is 2.11. The van der Waals surface area contributed by atoms with E-state index in [1.807, 2.05) is 25.1 Å². The van der Waals surface area contributed by atoms with Crippen LogP contribution in [0.15, 0.2) is 18.2 Å². The number of hydrogen-bond acceptors (Lipinski definition) is 4. The van der Waals surface area contributed by atoms with E-state index >= 15 is 0 Å². The van der Waals surface area contributed by atoms with E-state index in [9.17, 15) is 5.11 Å². The predicted molar refractivity (Wildman–Crippen MR) is 77.3 cm³/mol. The van der Waals surface area contributed by atoms with Crippen LogP contribution in [0.5, 0.6) is 0 Å². The van der Waals surface area contributed by atoms with Crippen LogP contribution >= 0.6 is 0 Å². The molecular formula is C15H22N3O-. The fourth-order valence-corrected chi connectivity index (χ4v) is 2.40. The second kappa shape index (κ2) is 5.97. The zero-order valence-electron chi connectivity index (χ0n) is 11.6. The van der Waals surface area contributed by atoms with Crippen LogP contribution < -0.4 is 26.6 Å². The summed E-state index contributed by atoms with van der Waals surface area (Å²) in [5.74, 6) is -0.0242. The maximum absolute atomic E-state index is 12.2. The molecule has 0 amide bonds. The fraction of sp³-hybridized carbons (Fsp3) is 0.467. The minimum atomic E-state index is -0.0242. The molecule has 1 aliphatic heterocycles. The summed E-state index contributed by atoms with van der Waals surface area (Å²) >= 11 is 0. The molecule has 1 aromatic rings. The number of nitrogen functional groups attached to an aromatic ring is 1. The highest BCUT2D eigenvalue weighted by Crippen LogP contribution is 2.08. The largest absolute Gasteiger partial charge is 0.860 e. The van der Waals surface area contributed by atoms with Crippen LogP contribution in [0.25, 0.3) is 12.0 Å². The van der Waals surface area contributed by atoms with E-state index in [4.69, 9.17) is 5.73 Å². The SMILES string of the molecule is CC=c1ccc(=C([O-])NC2CCN(C)CC2)cc1N. The molecule has 1 fully saturated rings. The molecule has 2 rings (SSSR count). The number of benzene rings is 1. The van der Waals surface area contributed by atoms with E-state index in [1.165, 1.54) is 0 Å². The van der Waals surface area contributed by atoms with Gasteiger partial charge >= 0.3 is 0 Å². The van der Waals surface area contributed by atoms with Crippen molar-refractivity contribution >= 4 is 17.6 Å². The van der Waals surface area contributed by atoms with Crippen molar-refractivity contribution in [2.75, 3.05) is 25.9 Å². The Morgan fingerprint density at radius 3 is 2.68 bits per heavy atom. The summed E-state index contributed by atoms with van der Waals surface area (Å²) in [5.41, 5.74) is 6.55. The molecule has 19 heavy (non-hydrogen) atoms. The highest BCUT2D eigenvalue weighted by Gasteiger charge is 2.15. The van der Waals surface area contributed by atoms with Crippen molar-refractivity contribution in [2.45, 2.75) is 25.8 Å². The summed E-state index contributed by atoms with van der Waals surface area (Å²) in [4.78, 5) is 2.28. The van der Waals surface area contributed by atoms with Crippen LogP contribution in [0.3, 0.4) is 0 Å². The maximum atomic E-state index is 12.2. The molecule has 0 saturated carbocycles. The van der Waals surface area contributed by atoms with Crippen molar-refractivity contribution in [3.05, 3.63) is 28.6 Å². The lowest BCUT2D eigenvalue weighted by Crippen LogP contribution is -2.43. The molecule has 0 atom stereocenters. The molecule has 4 nitrogen and oxygen atoms in total. The lowest BCUT2D eigenvalue weighted by Gasteiger charge is -2.32. The van der Waals surface area contributed by atoms with Gasteiger partial charge in [-0.2, -0.15) is 0 Å². The molecular weight excluding hydrogens is 238 g/mol. The monoisotopic (exact) mass is 260 g/mol. The quantitative estimate of drug-likeness (QED) is 0.682. The van der Waals surface area contributed by atoms with Gasteiger partial charge in [-0.1, -0.05) is 18.2 Å². The van der Waals surface area contributed by atoms with E-state index in [2.05, 4.69) is 17.3 Å². The minimum Gasteiger partial charge on any atom is -0.860 e. The van der Waals surface area contributed by atoms with Gasteiger partial charge in [0.2, 0.25) is 0 Å². The van der Waals surface area contributed by atoms with Gasteiger partial charge in [0, 0.05) is 11.7 Å². The van der Waals surface area contributed by atoms with Crippen LogP contribution in [0.1, 0.15) is 19.8 Å². The lowest BCUT2D eigenvalue weighted by molar-refractivity contribution is -0.257. The Labute approximate surface area is 114 Å². The number of anilines is 1. The van der Waals surface area contributed by atoms with Crippen molar-refractivity contribution in [1.29, 1.82) is 0 Å². The number of nitrogens with zero attached hydrogens (tertiary/aromatic N) is 1. The lowest BCUT2D eigenvalue weighted by atomic mass is 10.1. The first-order valence-electron chi connectivity index (χ1n) is 6.78. The highest BCUT2D eigenvalue weighted by molar-refractivity contribution is 5.47. The molecule has 1 heterocycles. The van der Waals surface area contributed by atoms with Crippen LogP contribution in [0.4, 0.5) is 5.69 Å². The minimum absolute atomic E-state index is 0.0242. The molecule has 4 heteroatoms. The molecule has 0 aliphatic carbocycles. The second-order valence-electron chi connectivity index (χ2n) is 5.18. The number of nitrogens with one attached hydrogen (secondary N) is 1. The average Bonchev–Trinajstić information content (AvgIpc) is 2.41. The number of rotatable bonds is 2. The third-order valence-corrected chi connectivity index (χ3v) is 3.71. The Kier molecular flexibility index (Phi) is 4.32. The maximum Gasteiger partial charge on any atom is 0.0390 e. The van der Waals surface area contributed by atoms with E-state index in [1.54, 1.807) is 6.07 Å². The molecule has 3 N–H and O–H groups in total. The number of nitrogens with two attached hydrogens (primary N) is 1. The summed E-state index contributed by atoms with van der Waals surface area (Å²) in [6, 6.07) is 5.75. The number of piperidine rings is 1. The molecule has 1 saturated heterocycles. The summed E-state index contributed by atoms with van der Waals surface area (Å²) in [6.45, 7) is 4.01. The smallest absolute Gasteiger partial charge is 0.0390 e. The molecule has 1 aromatic carbocycles. The molecule has 0 spiro atoms. The standard InChI is InChI=1S/C15H23N3O/c1-3-11-4-5-12(10-14(11)16)15(19)17-13-6-8-18(2)9-7-13/h3-5,10,13,17,19H,6-9,16H2,1-2H3/p-1. The second-order valence-corrected chi connectivity index (χ2v) is 5.18. The highest BCUT2D eigenvalue weighted by atomic mass is 16.3. The molecule has 0 radical (unpaired) electrons. The van der Waals surface area contributed by atoms with E-state index in [0.717, 1.165) is 31.1 Å². The Hall–Kier alpha value is -1.68. The Balaban J connectivity index is 2.15. The Bertz CT molecular complexity index is 545. The van der Waals surface area contributed by atoms with Gasteiger partial charge in [0.15, 0.2) is 0 Å². The molecule has 0 bridgehead atoms. The van der Waals surface area contributed by atoms with Crippen LogP contribution in [0, 0.1) is 0 Å². The van der Waals surface area contributed by atoms with Gasteiger partial charge in [-0.05, 0) is 62.3 Å². The molecule has 0 unspecified atom stereocenters. The first kappa shape index (κ1) is 13.7. The summed E-state index contributed by atoms with van der Waals surface area (Å²) in [5, 5.41) is 16.9. The topological polar surface area (TPSA) is 64.3 Å². The van der Waals surface area contributed by atoms with Gasteiger partial charge < -0.3 is 21.1 Å². The van der Waals surface area contributed by atoms with Crippen molar-refractivity contribution in [2.24, 2.45) is 0 Å². The molecule has 104 valence electrons. The third kappa shape index (κ3) is 3.41. The molecule has 1 aliphatic rings. The van der Waals surface area contributed by atoms with Crippen molar-refractivity contribution in [3.8, 4) is 0 Å². The van der Waals surface area contributed by atoms with Gasteiger partial charge in [0.25, 0.3) is 0 Å². The Morgan fingerprint density at radius 2 is 2.11 bits per heavy atom. The number of likely N-dealkylation sites (tertiary alicyclic amines) is 1. The Morgan fingerprint density at radius 1 is 1.42 bits per heavy atom. The first-order chi connectivity index (χ1) is 9.10. The van der Waals surface area contributed by atoms with Gasteiger partial charge in [0.1, 0.15) is 0 Å². The normalized spacial score (nSPS) is 20.4. The fourth-order valence-electron chi connectivity index (χ4n) is 2.40.